The van der Waals surface area contributed by atoms with Crippen LogP contribution in [0.25, 0.3) is 10.2 Å². The van der Waals surface area contributed by atoms with Gasteiger partial charge in [-0.2, -0.15) is 0 Å². The summed E-state index contributed by atoms with van der Waals surface area (Å²) in [6.07, 6.45) is 0.751. The topological polar surface area (TPSA) is 92.7 Å². The Morgan fingerprint density at radius 2 is 2.00 bits per heavy atom. The van der Waals surface area contributed by atoms with Crippen LogP contribution in [0, 0.1) is 12.7 Å². The van der Waals surface area contributed by atoms with Crippen molar-refractivity contribution < 1.29 is 23.9 Å². The van der Waals surface area contributed by atoms with Crippen molar-refractivity contribution in [1.82, 2.24) is 10.5 Å². The number of aliphatic hydroxyl groups excluding tert-OH is 1. The molecule has 0 saturated heterocycles. The first-order valence-corrected chi connectivity index (χ1v) is 10.2. The number of aromatic nitrogens is 1. The number of methoxy groups -OCH3 is 1. The van der Waals surface area contributed by atoms with Gasteiger partial charge in [0.15, 0.2) is 6.29 Å². The van der Waals surface area contributed by atoms with Gasteiger partial charge in [0.2, 0.25) is 5.88 Å². The number of nitrogens with one attached hydrogen (secondary N) is 2. The number of aryl methyl sites for hydroxylation is 1. The number of thiophene rings is 1. The summed E-state index contributed by atoms with van der Waals surface area (Å²) in [7, 11) is 3.18. The van der Waals surface area contributed by atoms with Crippen LogP contribution in [0.3, 0.4) is 0 Å². The molecule has 30 heavy (non-hydrogen) atoms. The second-order valence-electron chi connectivity index (χ2n) is 5.55. The number of hydrogen-bond donors (Lipinski definition) is 3. The number of anilines is 2. The molecule has 7 nitrogen and oxygen atoms in total. The highest BCUT2D eigenvalue weighted by Gasteiger charge is 2.15. The molecule has 0 atom stereocenters. The lowest BCUT2D eigenvalue weighted by Crippen LogP contribution is -2.10. The minimum Gasteiger partial charge on any atom is -0.481 e. The van der Waals surface area contributed by atoms with E-state index in [2.05, 4.69) is 20.6 Å². The summed E-state index contributed by atoms with van der Waals surface area (Å²) in [5.41, 5.74) is 4.04. The van der Waals surface area contributed by atoms with Crippen molar-refractivity contribution in [2.45, 2.75) is 20.8 Å². The lowest BCUT2D eigenvalue weighted by atomic mass is 10.2. The smallest absolute Gasteiger partial charge is 0.214 e. The Morgan fingerprint density at radius 1 is 1.27 bits per heavy atom. The molecule has 9 heteroatoms. The van der Waals surface area contributed by atoms with Crippen LogP contribution >= 0.6 is 11.3 Å². The fourth-order valence-electron chi connectivity index (χ4n) is 2.30. The van der Waals surface area contributed by atoms with Crippen molar-refractivity contribution >= 4 is 38.5 Å². The number of ether oxygens (including phenoxy) is 1. The quantitative estimate of drug-likeness (QED) is 0.285. The molecule has 0 unspecified atom stereocenters. The van der Waals surface area contributed by atoms with Crippen LogP contribution in [0.4, 0.5) is 15.1 Å². The van der Waals surface area contributed by atoms with E-state index in [1.165, 1.54) is 24.5 Å². The number of benzene rings is 1. The summed E-state index contributed by atoms with van der Waals surface area (Å²) < 4.78 is 19.0. The molecule has 0 fully saturated rings. The molecule has 3 aromatic rings. The van der Waals surface area contributed by atoms with Crippen LogP contribution in [0.15, 0.2) is 30.3 Å². The van der Waals surface area contributed by atoms with Crippen LogP contribution in [-0.2, 0) is 4.84 Å². The summed E-state index contributed by atoms with van der Waals surface area (Å²) in [6, 6.07) is 8.37. The van der Waals surface area contributed by atoms with E-state index in [4.69, 9.17) is 9.84 Å². The van der Waals surface area contributed by atoms with E-state index < -0.39 is 0 Å². The van der Waals surface area contributed by atoms with Crippen molar-refractivity contribution in [1.29, 1.82) is 0 Å². The molecule has 0 aliphatic carbocycles. The van der Waals surface area contributed by atoms with Gasteiger partial charge in [-0.15, -0.1) is 0 Å². The third kappa shape index (κ3) is 7.03. The number of hydrogen-bond acceptors (Lipinski definition) is 8. The molecule has 0 saturated carbocycles. The van der Waals surface area contributed by atoms with Crippen LogP contribution in [-0.4, -0.2) is 43.7 Å². The van der Waals surface area contributed by atoms with Crippen molar-refractivity contribution in [3.63, 3.8) is 0 Å². The average molecular weight is 438 g/mol. The van der Waals surface area contributed by atoms with Gasteiger partial charge in [-0.1, -0.05) is 31.3 Å². The zero-order chi connectivity index (χ0) is 22.5. The van der Waals surface area contributed by atoms with Crippen LogP contribution < -0.4 is 15.5 Å². The zero-order valence-electron chi connectivity index (χ0n) is 17.8. The lowest BCUT2D eigenvalue weighted by Gasteiger charge is -2.06. The first kappa shape index (κ1) is 25.4. The van der Waals surface area contributed by atoms with Crippen LogP contribution in [0.5, 0.6) is 5.88 Å². The number of aldehydes is 1. The fourth-order valence-corrected chi connectivity index (χ4v) is 3.34. The predicted molar refractivity (Wildman–Crippen MR) is 119 cm³/mol. The Morgan fingerprint density at radius 3 is 2.53 bits per heavy atom. The average Bonchev–Trinajstić information content (AvgIpc) is 3.12. The van der Waals surface area contributed by atoms with Crippen LogP contribution in [0.2, 0.25) is 0 Å². The largest absolute Gasteiger partial charge is 0.481 e. The lowest BCUT2D eigenvalue weighted by molar-refractivity contribution is 0.0314. The number of hydroxylamine groups is 1. The van der Waals surface area contributed by atoms with Crippen molar-refractivity contribution in [3.8, 4) is 5.88 Å². The highest BCUT2D eigenvalue weighted by Crippen LogP contribution is 2.36. The van der Waals surface area contributed by atoms with Gasteiger partial charge in [-0.25, -0.2) is 14.9 Å². The van der Waals surface area contributed by atoms with E-state index >= 15 is 0 Å². The molecule has 0 radical (unpaired) electrons. The maximum Gasteiger partial charge on any atom is 0.214 e. The number of aliphatic hydroxyl groups is 1. The van der Waals surface area contributed by atoms with Gasteiger partial charge in [0.25, 0.3) is 0 Å². The monoisotopic (exact) mass is 437 g/mol. The highest BCUT2D eigenvalue weighted by molar-refractivity contribution is 7.23. The number of carbonyl (C=O) groups is 1. The number of halogens is 1. The number of pyridine rings is 1. The van der Waals surface area contributed by atoms with E-state index in [1.807, 2.05) is 20.8 Å². The van der Waals surface area contributed by atoms with E-state index in [0.717, 1.165) is 17.2 Å². The maximum absolute atomic E-state index is 14.0. The normalized spacial score (nSPS) is 9.83. The summed E-state index contributed by atoms with van der Waals surface area (Å²) >= 11 is 1.29. The highest BCUT2D eigenvalue weighted by atomic mass is 32.1. The molecule has 164 valence electrons. The number of rotatable bonds is 7. The van der Waals surface area contributed by atoms with E-state index in [-0.39, 0.29) is 12.4 Å². The van der Waals surface area contributed by atoms with Gasteiger partial charge >= 0.3 is 0 Å². The predicted octanol–water partition coefficient (Wildman–Crippen LogP) is 4.46. The van der Waals surface area contributed by atoms with Crippen molar-refractivity contribution in [3.05, 3.63) is 47.3 Å². The molecule has 0 bridgehead atoms. The number of fused-ring (bicyclic) bond motifs is 1. The minimum atomic E-state index is -0.361. The van der Waals surface area contributed by atoms with E-state index in [9.17, 15) is 9.18 Å². The third-order valence-corrected chi connectivity index (χ3v) is 4.64. The van der Waals surface area contributed by atoms with E-state index in [0.29, 0.717) is 33.6 Å². The SMILES string of the molecule is CC.CNOCCO.COc1ccc2c(C=O)c(Nc3ccc(C)cc3F)sc2n1. The Kier molecular flexibility index (Phi) is 11.5. The maximum atomic E-state index is 14.0. The second-order valence-corrected chi connectivity index (χ2v) is 6.55. The van der Waals surface area contributed by atoms with Gasteiger partial charge < -0.3 is 15.2 Å². The first-order chi connectivity index (χ1) is 14.5. The molecule has 3 N–H and O–H groups in total. The first-order valence-electron chi connectivity index (χ1n) is 9.39. The number of carbonyl (C=O) groups excluding carboxylic acids is 1. The summed E-state index contributed by atoms with van der Waals surface area (Å²) in [6.45, 7) is 6.25. The Balaban J connectivity index is 0.000000487. The van der Waals surface area contributed by atoms with E-state index in [1.54, 1.807) is 31.3 Å². The Bertz CT molecular complexity index is 930. The molecule has 0 spiro atoms. The second kappa shape index (κ2) is 13.6. The van der Waals surface area contributed by atoms with Crippen molar-refractivity contribution in [2.24, 2.45) is 0 Å². The molecule has 0 aliphatic heterocycles. The van der Waals surface area contributed by atoms with Gasteiger partial charge in [0, 0.05) is 18.5 Å². The fraction of sp³-hybridized carbons (Fsp3) is 0.333. The third-order valence-electron chi connectivity index (χ3n) is 3.61. The van der Waals surface area contributed by atoms with Gasteiger partial charge in [0.05, 0.1) is 31.6 Å². The molecule has 2 heterocycles. The summed E-state index contributed by atoms with van der Waals surface area (Å²) in [5, 5.41) is 12.3. The molecular formula is C21H28FN3O4S. The molecular weight excluding hydrogens is 409 g/mol. The summed E-state index contributed by atoms with van der Waals surface area (Å²) in [4.78, 5) is 20.9. The molecule has 2 aromatic heterocycles. The Hall–Kier alpha value is -2.59. The van der Waals surface area contributed by atoms with Gasteiger partial charge in [-0.3, -0.25) is 9.63 Å². The summed E-state index contributed by atoms with van der Waals surface area (Å²) in [5.74, 6) is 0.110. The molecule has 3 rings (SSSR count). The Labute approximate surface area is 179 Å². The molecule has 0 amide bonds. The molecule has 1 aromatic carbocycles. The van der Waals surface area contributed by atoms with Gasteiger partial charge in [-0.05, 0) is 30.7 Å². The van der Waals surface area contributed by atoms with Gasteiger partial charge in [0.1, 0.15) is 15.6 Å². The molecule has 0 aliphatic rings. The zero-order valence-corrected chi connectivity index (χ0v) is 18.6. The number of nitrogens with zero attached hydrogens (tertiary/aromatic N) is 1. The standard InChI is InChI=1S/C16H13FN2O2S.C3H9NO2.C2H6/c1-9-3-5-13(12(17)7-9)18-16-11(8-20)10-4-6-14(21-2)19-15(10)22-16;1-4-6-3-2-5;1-2/h3-8,18H,1-2H3;4-5H,2-3H2,1H3;1-2H3. The van der Waals surface area contributed by atoms with Crippen molar-refractivity contribution in [2.75, 3.05) is 32.7 Å². The minimum absolute atomic E-state index is 0.0703. The van der Waals surface area contributed by atoms with Crippen LogP contribution in [0.1, 0.15) is 29.8 Å².